The Hall–Kier alpha value is -2.54. The normalized spacial score (nSPS) is 11.7. The van der Waals surface area contributed by atoms with Crippen LogP contribution in [0.1, 0.15) is 23.5 Å². The molecule has 0 fully saturated rings. The molecule has 106 valence electrons. The van der Waals surface area contributed by atoms with Gasteiger partial charge in [0.2, 0.25) is 0 Å². The summed E-state index contributed by atoms with van der Waals surface area (Å²) in [6.45, 7) is 0. The molecule has 0 heterocycles. The van der Waals surface area contributed by atoms with Gasteiger partial charge < -0.3 is 0 Å². The molecule has 1 atom stereocenters. The van der Waals surface area contributed by atoms with E-state index in [4.69, 9.17) is 5.26 Å². The number of rotatable bonds is 5. The summed E-state index contributed by atoms with van der Waals surface area (Å²) in [5.41, 5.74) is 1.04. The second-order valence-corrected chi connectivity index (χ2v) is 4.72. The van der Waals surface area contributed by atoms with Crippen molar-refractivity contribution in [3.05, 3.63) is 71.3 Å². The number of benzene rings is 2. The molecule has 0 aliphatic carbocycles. The number of hydrogen-bond donors (Lipinski definition) is 0. The van der Waals surface area contributed by atoms with Crippen molar-refractivity contribution in [3.8, 4) is 6.07 Å². The van der Waals surface area contributed by atoms with Crippen LogP contribution in [0.3, 0.4) is 0 Å². The van der Waals surface area contributed by atoms with Gasteiger partial charge >= 0.3 is 0 Å². The van der Waals surface area contributed by atoms with Crippen LogP contribution < -0.4 is 0 Å². The molecule has 0 amide bonds. The molecule has 0 N–H and O–H groups in total. The SMILES string of the molecule is N#CC(C(=O)CCc1ccccc1)c1cc(F)cc(F)c1. The van der Waals surface area contributed by atoms with Crippen LogP contribution in [0.2, 0.25) is 0 Å². The van der Waals surface area contributed by atoms with E-state index in [2.05, 4.69) is 0 Å². The Morgan fingerprint density at radius 1 is 1.10 bits per heavy atom. The van der Waals surface area contributed by atoms with Crippen molar-refractivity contribution >= 4 is 5.78 Å². The molecule has 0 bridgehead atoms. The third kappa shape index (κ3) is 3.96. The number of Topliss-reactive ketones (excluding diaryl/α,β-unsaturated/α-hetero) is 1. The maximum atomic E-state index is 13.2. The van der Waals surface area contributed by atoms with Crippen LogP contribution in [0.25, 0.3) is 0 Å². The fourth-order valence-corrected chi connectivity index (χ4v) is 2.13. The van der Waals surface area contributed by atoms with E-state index in [0.29, 0.717) is 12.5 Å². The lowest BCUT2D eigenvalue weighted by Gasteiger charge is -2.09. The molecule has 4 heteroatoms. The number of ketones is 1. The molecule has 0 saturated carbocycles. The van der Waals surface area contributed by atoms with Crippen molar-refractivity contribution in [2.45, 2.75) is 18.8 Å². The molecular weight excluding hydrogens is 272 g/mol. The molecule has 0 aromatic heterocycles. The fourth-order valence-electron chi connectivity index (χ4n) is 2.13. The third-order valence-electron chi connectivity index (χ3n) is 3.17. The summed E-state index contributed by atoms with van der Waals surface area (Å²) in [7, 11) is 0. The number of hydrogen-bond acceptors (Lipinski definition) is 2. The molecule has 0 aliphatic rings. The first-order valence-corrected chi connectivity index (χ1v) is 6.52. The van der Waals surface area contributed by atoms with Crippen LogP contribution in [0.5, 0.6) is 0 Å². The van der Waals surface area contributed by atoms with Gasteiger partial charge in [-0.3, -0.25) is 4.79 Å². The predicted octanol–water partition coefficient (Wildman–Crippen LogP) is 3.77. The van der Waals surface area contributed by atoms with Crippen molar-refractivity contribution in [1.29, 1.82) is 5.26 Å². The second-order valence-electron chi connectivity index (χ2n) is 4.72. The minimum Gasteiger partial charge on any atom is -0.298 e. The molecule has 0 aliphatic heterocycles. The van der Waals surface area contributed by atoms with Gasteiger partial charge in [0.05, 0.1) is 6.07 Å². The maximum absolute atomic E-state index is 13.2. The standard InChI is InChI=1S/C17H13F2NO/c18-14-8-13(9-15(19)10-14)16(11-20)17(21)7-6-12-4-2-1-3-5-12/h1-5,8-10,16H,6-7H2. The molecule has 0 radical (unpaired) electrons. The Labute approximate surface area is 121 Å². The van der Waals surface area contributed by atoms with Gasteiger partial charge in [0.15, 0.2) is 5.78 Å². The lowest BCUT2D eigenvalue weighted by atomic mass is 9.92. The van der Waals surface area contributed by atoms with Gasteiger partial charge in [0, 0.05) is 12.5 Å². The number of nitriles is 1. The highest BCUT2D eigenvalue weighted by Gasteiger charge is 2.21. The van der Waals surface area contributed by atoms with E-state index >= 15 is 0 Å². The van der Waals surface area contributed by atoms with Gasteiger partial charge in [-0.25, -0.2) is 8.78 Å². The first kappa shape index (κ1) is 14.9. The van der Waals surface area contributed by atoms with Crippen molar-refractivity contribution in [3.63, 3.8) is 0 Å². The zero-order valence-electron chi connectivity index (χ0n) is 11.2. The largest absolute Gasteiger partial charge is 0.298 e. The number of carbonyl (C=O) groups excluding carboxylic acids is 1. The zero-order chi connectivity index (χ0) is 15.2. The molecule has 0 spiro atoms. The number of halogens is 2. The van der Waals surface area contributed by atoms with Gasteiger partial charge in [0.25, 0.3) is 0 Å². The van der Waals surface area contributed by atoms with Crippen LogP contribution in [-0.2, 0) is 11.2 Å². The first-order valence-electron chi connectivity index (χ1n) is 6.52. The Morgan fingerprint density at radius 3 is 2.29 bits per heavy atom. The first-order chi connectivity index (χ1) is 10.1. The number of aryl methyl sites for hydroxylation is 1. The van der Waals surface area contributed by atoms with E-state index in [1.807, 2.05) is 36.4 Å². The van der Waals surface area contributed by atoms with Crippen molar-refractivity contribution in [2.24, 2.45) is 0 Å². The zero-order valence-corrected chi connectivity index (χ0v) is 11.2. The quantitative estimate of drug-likeness (QED) is 0.839. The second kappa shape index (κ2) is 6.76. The molecular formula is C17H13F2NO. The van der Waals surface area contributed by atoms with E-state index in [9.17, 15) is 13.6 Å². The minimum atomic E-state index is -1.14. The van der Waals surface area contributed by atoms with Crippen molar-refractivity contribution < 1.29 is 13.6 Å². The highest BCUT2D eigenvalue weighted by Crippen LogP contribution is 2.21. The number of nitrogens with zero attached hydrogens (tertiary/aromatic N) is 1. The van der Waals surface area contributed by atoms with Gasteiger partial charge in [-0.2, -0.15) is 5.26 Å². The van der Waals surface area contributed by atoms with Crippen LogP contribution >= 0.6 is 0 Å². The Morgan fingerprint density at radius 2 is 1.71 bits per heavy atom. The van der Waals surface area contributed by atoms with Crippen molar-refractivity contribution in [2.75, 3.05) is 0 Å². The molecule has 21 heavy (non-hydrogen) atoms. The van der Waals surface area contributed by atoms with E-state index < -0.39 is 17.6 Å². The smallest absolute Gasteiger partial charge is 0.154 e. The van der Waals surface area contributed by atoms with Crippen LogP contribution in [0.15, 0.2) is 48.5 Å². The highest BCUT2D eigenvalue weighted by molar-refractivity contribution is 5.88. The Bertz CT molecular complexity index is 657. The molecule has 1 unspecified atom stereocenters. The average Bonchev–Trinajstić information content (AvgIpc) is 2.46. The van der Waals surface area contributed by atoms with Crippen LogP contribution in [0, 0.1) is 23.0 Å². The number of carbonyl (C=O) groups is 1. The van der Waals surface area contributed by atoms with Gasteiger partial charge in [-0.05, 0) is 29.7 Å². The van der Waals surface area contributed by atoms with E-state index in [1.54, 1.807) is 0 Å². The monoisotopic (exact) mass is 285 g/mol. The van der Waals surface area contributed by atoms with E-state index in [-0.39, 0.29) is 17.8 Å². The molecule has 2 rings (SSSR count). The summed E-state index contributed by atoms with van der Waals surface area (Å²) in [6.07, 6.45) is 0.649. The van der Waals surface area contributed by atoms with Gasteiger partial charge in [-0.15, -0.1) is 0 Å². The maximum Gasteiger partial charge on any atom is 0.154 e. The third-order valence-corrected chi connectivity index (χ3v) is 3.17. The van der Waals surface area contributed by atoms with Crippen LogP contribution in [0.4, 0.5) is 8.78 Å². The summed E-state index contributed by atoms with van der Waals surface area (Å²) in [5.74, 6) is -3.06. The summed E-state index contributed by atoms with van der Waals surface area (Å²) in [6, 6.07) is 14.0. The topological polar surface area (TPSA) is 40.9 Å². The predicted molar refractivity (Wildman–Crippen MR) is 74.5 cm³/mol. The summed E-state index contributed by atoms with van der Waals surface area (Å²) < 4.78 is 26.4. The van der Waals surface area contributed by atoms with Crippen molar-refractivity contribution in [1.82, 2.24) is 0 Å². The molecule has 0 saturated heterocycles. The Kier molecular flexibility index (Phi) is 4.78. The summed E-state index contributed by atoms with van der Waals surface area (Å²) in [4.78, 5) is 12.1. The fraction of sp³-hybridized carbons (Fsp3) is 0.176. The average molecular weight is 285 g/mol. The van der Waals surface area contributed by atoms with Gasteiger partial charge in [0.1, 0.15) is 17.6 Å². The van der Waals surface area contributed by atoms with E-state index in [0.717, 1.165) is 17.7 Å². The minimum absolute atomic E-state index is 0.0630. The Balaban J connectivity index is 2.10. The lowest BCUT2D eigenvalue weighted by molar-refractivity contribution is -0.119. The summed E-state index contributed by atoms with van der Waals surface area (Å²) >= 11 is 0. The van der Waals surface area contributed by atoms with E-state index in [1.165, 1.54) is 0 Å². The highest BCUT2D eigenvalue weighted by atomic mass is 19.1. The lowest BCUT2D eigenvalue weighted by Crippen LogP contribution is -2.12. The van der Waals surface area contributed by atoms with Gasteiger partial charge in [-0.1, -0.05) is 30.3 Å². The van der Waals surface area contributed by atoms with Crippen LogP contribution in [-0.4, -0.2) is 5.78 Å². The summed E-state index contributed by atoms with van der Waals surface area (Å²) in [5, 5.41) is 9.11. The molecule has 2 aromatic rings. The molecule has 2 nitrogen and oxygen atoms in total. The molecule has 2 aromatic carbocycles.